The summed E-state index contributed by atoms with van der Waals surface area (Å²) in [5, 5.41) is 23.4. The van der Waals surface area contributed by atoms with Crippen LogP contribution in [0.15, 0.2) is 48.6 Å². The maximum Gasteiger partial charge on any atom is 0.341 e. The molecule has 5 rings (SSSR count). The largest absolute Gasteiger partial charge is 0.461 e. The second-order valence-electron chi connectivity index (χ2n) is 21.9. The van der Waals surface area contributed by atoms with Gasteiger partial charge >= 0.3 is 11.9 Å². The number of rotatable bonds is 6. The van der Waals surface area contributed by atoms with E-state index in [-0.39, 0.29) is 49.5 Å². The average Bonchev–Trinajstić information content (AvgIpc) is 3.77. The highest BCUT2D eigenvalue weighted by Crippen LogP contribution is 2.51. The van der Waals surface area contributed by atoms with Gasteiger partial charge in [0.2, 0.25) is 23.8 Å². The molecule has 0 saturated carbocycles. The van der Waals surface area contributed by atoms with Crippen molar-refractivity contribution in [1.29, 1.82) is 0 Å². The zero-order valence-electron chi connectivity index (χ0n) is 45.6. The van der Waals surface area contributed by atoms with Gasteiger partial charge in [-0.25, -0.2) is 9.59 Å². The monoisotopic (exact) mass is 1020 g/mol. The predicted molar refractivity (Wildman–Crippen MR) is 270 cm³/mol. The Hall–Kier alpha value is -2.58. The summed E-state index contributed by atoms with van der Waals surface area (Å²) in [6.07, 6.45) is 18.8. The van der Waals surface area contributed by atoms with Gasteiger partial charge in [-0.1, -0.05) is 76.3 Å². The molecular weight excluding hydrogens is 929 g/mol. The normalized spacial score (nSPS) is 41.0. The number of cyclic esters (lactones) is 2. The number of hydrogen-bond acceptors (Lipinski definition) is 16. The lowest BCUT2D eigenvalue weighted by molar-refractivity contribution is -0.322. The van der Waals surface area contributed by atoms with Gasteiger partial charge in [0.05, 0.1) is 48.8 Å². The van der Waals surface area contributed by atoms with Gasteiger partial charge in [0.25, 0.3) is 0 Å². The SMILES string of the molecule is COCOC1CCC=CC=CCC[C@H](C)OC(=O)C2OC(C)(C)O[C@]23O[C@@H](CC[C@H]3C)[C@H](C)C(O)CC(OCOC)CC/C=C\C=CCC[C@H](C)OC(=O)C2OC(C)(C)O[C@]23O[C@@H](CC[C@H]3C)[C@H](C)C(O)C1. The van der Waals surface area contributed by atoms with Crippen LogP contribution in [0.3, 0.4) is 0 Å². The van der Waals surface area contributed by atoms with E-state index in [4.69, 9.17) is 56.8 Å². The van der Waals surface area contributed by atoms with E-state index in [0.717, 1.165) is 0 Å². The first-order valence-electron chi connectivity index (χ1n) is 26.9. The van der Waals surface area contributed by atoms with E-state index in [1.54, 1.807) is 41.9 Å². The Morgan fingerprint density at radius 1 is 0.514 bits per heavy atom. The second-order valence-corrected chi connectivity index (χ2v) is 21.9. The number of fused-ring (bicyclic) bond motifs is 2. The molecule has 2 spiro atoms. The molecule has 16 nitrogen and oxygen atoms in total. The lowest BCUT2D eigenvalue weighted by Gasteiger charge is -2.46. The smallest absolute Gasteiger partial charge is 0.341 e. The fourth-order valence-corrected chi connectivity index (χ4v) is 10.7. The van der Waals surface area contributed by atoms with E-state index in [9.17, 15) is 19.8 Å². The first-order chi connectivity index (χ1) is 34.2. The molecule has 0 aliphatic carbocycles. The summed E-state index contributed by atoms with van der Waals surface area (Å²) >= 11 is 0. The summed E-state index contributed by atoms with van der Waals surface area (Å²) in [4.78, 5) is 28.0. The minimum Gasteiger partial charge on any atom is -0.461 e. The van der Waals surface area contributed by atoms with Gasteiger partial charge in [-0.15, -0.1) is 0 Å². The van der Waals surface area contributed by atoms with E-state index >= 15 is 0 Å². The molecule has 0 amide bonds. The van der Waals surface area contributed by atoms with Crippen molar-refractivity contribution in [1.82, 2.24) is 0 Å². The van der Waals surface area contributed by atoms with Crippen molar-refractivity contribution < 1.29 is 76.6 Å². The third kappa shape index (κ3) is 16.7. The molecule has 5 heterocycles. The third-order valence-corrected chi connectivity index (χ3v) is 15.0. The van der Waals surface area contributed by atoms with Gasteiger partial charge in [0, 0.05) is 37.9 Å². The van der Waals surface area contributed by atoms with Crippen molar-refractivity contribution in [3.05, 3.63) is 48.6 Å². The standard InChI is InChI=1S/C56H92O16/c1-37-29-31-47-41(5)45(57)33-43(63-35-61-11)27-23-19-16-14-18-22-26-40(4)66-52(60)50-56(72-54(9,10)70-50)38(2)30-32-48(68-56)42(6)46(58)34-44(64-36-62-12)28-24-20-15-13-17-21-25-39(3)65-51(59)49-55(37,67-47)71-53(7,8)69-49/h13-20,37-50,57-58H,21-36H2,1-12H3/b17-13?,18-14?,19-16-,20-15?/t37-,38-,39+,40+,41-,42-,43?,44?,45?,46?,47+,48+,49?,50?,55+,56+/m1/s1. The molecule has 0 aromatic rings. The summed E-state index contributed by atoms with van der Waals surface area (Å²) < 4.78 is 73.8. The molecule has 5 aliphatic heterocycles. The van der Waals surface area contributed by atoms with Gasteiger partial charge in [0.15, 0.2) is 11.6 Å². The van der Waals surface area contributed by atoms with Gasteiger partial charge in [-0.05, 0) is 131 Å². The number of hydrogen-bond donors (Lipinski definition) is 2. The molecule has 0 radical (unpaired) electrons. The number of allylic oxidation sites excluding steroid dienone is 8. The van der Waals surface area contributed by atoms with Crippen molar-refractivity contribution in [2.75, 3.05) is 27.8 Å². The molecule has 5 aliphatic rings. The Bertz CT molecular complexity index is 1660. The number of methoxy groups -OCH3 is 2. The van der Waals surface area contributed by atoms with E-state index < -0.39 is 83.9 Å². The van der Waals surface area contributed by atoms with E-state index in [1.165, 1.54) is 0 Å². The molecule has 4 saturated heterocycles. The van der Waals surface area contributed by atoms with Crippen molar-refractivity contribution in [2.24, 2.45) is 23.7 Å². The maximum atomic E-state index is 14.0. The van der Waals surface area contributed by atoms with E-state index in [1.807, 2.05) is 78.0 Å². The van der Waals surface area contributed by atoms with Crippen LogP contribution >= 0.6 is 0 Å². The van der Waals surface area contributed by atoms with Crippen LogP contribution in [0.4, 0.5) is 0 Å². The zero-order chi connectivity index (χ0) is 52.7. The van der Waals surface area contributed by atoms with Gasteiger partial charge in [0.1, 0.15) is 13.6 Å². The fraction of sp³-hybridized carbons (Fsp3) is 0.821. The molecule has 4 fully saturated rings. The summed E-state index contributed by atoms with van der Waals surface area (Å²) in [5.74, 6) is -7.07. The Morgan fingerprint density at radius 2 is 0.861 bits per heavy atom. The van der Waals surface area contributed by atoms with Crippen molar-refractivity contribution in [2.45, 2.75) is 243 Å². The molecule has 0 aromatic carbocycles. The van der Waals surface area contributed by atoms with E-state index in [2.05, 4.69) is 12.2 Å². The second kappa shape index (κ2) is 28.0. The van der Waals surface area contributed by atoms with Gasteiger partial charge in [-0.2, -0.15) is 0 Å². The molecule has 16 atom stereocenters. The molecule has 16 heteroatoms. The Kier molecular flexibility index (Phi) is 23.4. The highest BCUT2D eigenvalue weighted by Gasteiger charge is 2.65. The van der Waals surface area contributed by atoms with Crippen LogP contribution in [0.25, 0.3) is 0 Å². The molecule has 412 valence electrons. The summed E-state index contributed by atoms with van der Waals surface area (Å²) in [6.45, 7) is 19.0. The van der Waals surface area contributed by atoms with Crippen molar-refractivity contribution in [3.8, 4) is 0 Å². The minimum atomic E-state index is -1.39. The molecule has 6 unspecified atom stereocenters. The molecule has 0 aromatic heterocycles. The van der Waals surface area contributed by atoms with Crippen LogP contribution in [0, 0.1) is 23.7 Å². The number of aliphatic hydroxyl groups is 2. The summed E-state index contributed by atoms with van der Waals surface area (Å²) in [7, 11) is 3.15. The highest BCUT2D eigenvalue weighted by atomic mass is 16.9. The highest BCUT2D eigenvalue weighted by molar-refractivity contribution is 5.77. The number of ether oxygens (including phenoxy) is 12. The van der Waals surface area contributed by atoms with Gasteiger partial charge in [-0.3, -0.25) is 0 Å². The van der Waals surface area contributed by atoms with Crippen molar-refractivity contribution >= 4 is 11.9 Å². The summed E-state index contributed by atoms with van der Waals surface area (Å²) in [5.41, 5.74) is 0. The van der Waals surface area contributed by atoms with Crippen LogP contribution < -0.4 is 0 Å². The molecular formula is C56H92O16. The average molecular weight is 1020 g/mol. The number of aliphatic hydroxyl groups excluding tert-OH is 2. The topological polar surface area (TPSA) is 185 Å². The Labute approximate surface area is 430 Å². The minimum absolute atomic E-state index is 0.0929. The lowest BCUT2D eigenvalue weighted by atomic mass is 9.81. The first kappa shape index (κ1) is 60.3. The number of esters is 2. The molecule has 72 heavy (non-hydrogen) atoms. The third-order valence-electron chi connectivity index (χ3n) is 15.0. The van der Waals surface area contributed by atoms with Crippen molar-refractivity contribution in [3.63, 3.8) is 0 Å². The van der Waals surface area contributed by atoms with E-state index in [0.29, 0.717) is 89.9 Å². The van der Waals surface area contributed by atoms with Crippen LogP contribution in [-0.2, 0) is 66.4 Å². The Morgan fingerprint density at radius 3 is 1.21 bits per heavy atom. The van der Waals surface area contributed by atoms with Crippen LogP contribution in [-0.4, -0.2) is 134 Å². The quantitative estimate of drug-likeness (QED) is 0.189. The molecule has 2 N–H and O–H groups in total. The maximum absolute atomic E-state index is 14.0. The lowest BCUT2D eigenvalue weighted by Crippen LogP contribution is -2.58. The van der Waals surface area contributed by atoms with Crippen LogP contribution in [0.5, 0.6) is 0 Å². The van der Waals surface area contributed by atoms with Gasteiger partial charge < -0.3 is 67.1 Å². The number of carbonyl (C=O) groups excluding carboxylic acids is 2. The summed E-state index contributed by atoms with van der Waals surface area (Å²) in [6, 6.07) is 0. The Balaban J connectivity index is 1.31. The van der Waals surface area contributed by atoms with Crippen LogP contribution in [0.1, 0.15) is 159 Å². The zero-order valence-corrected chi connectivity index (χ0v) is 45.6. The first-order valence-corrected chi connectivity index (χ1v) is 26.9. The predicted octanol–water partition coefficient (Wildman–Crippen LogP) is 9.29. The number of carbonyl (C=O) groups is 2. The fourth-order valence-electron chi connectivity index (χ4n) is 10.7. The molecule has 4 bridgehead atoms. The van der Waals surface area contributed by atoms with Crippen LogP contribution in [0.2, 0.25) is 0 Å².